The number of pyridine rings is 1. The van der Waals surface area contributed by atoms with Gasteiger partial charge in [-0.3, -0.25) is 19.4 Å². The number of anilines is 1. The zero-order chi connectivity index (χ0) is 44.7. The topological polar surface area (TPSA) is 146 Å². The van der Waals surface area contributed by atoms with Gasteiger partial charge in [0.25, 0.3) is 0 Å². The molecule has 7 rings (SSSR count). The van der Waals surface area contributed by atoms with E-state index >= 15 is 0 Å². The minimum absolute atomic E-state index is 0.00282. The molecule has 334 valence electrons. The van der Waals surface area contributed by atoms with Gasteiger partial charge in [0.2, 0.25) is 17.7 Å². The number of hydrogen-bond donors (Lipinski definition) is 4. The number of fused-ring (bicyclic) bond motifs is 1. The number of aryl methyl sites for hydroxylation is 1. The molecular weight excluding hydrogens is 816 g/mol. The third kappa shape index (κ3) is 11.5. The van der Waals surface area contributed by atoms with Crippen molar-refractivity contribution in [2.24, 2.45) is 17.3 Å². The number of amides is 3. The van der Waals surface area contributed by atoms with Crippen LogP contribution in [0.2, 0.25) is 0 Å². The third-order valence-corrected chi connectivity index (χ3v) is 13.8. The van der Waals surface area contributed by atoms with Gasteiger partial charge >= 0.3 is 0 Å². The Morgan fingerprint density at radius 3 is 2.41 bits per heavy atom. The molecule has 0 radical (unpaired) electrons. The lowest BCUT2D eigenvalue weighted by Gasteiger charge is -2.35. The van der Waals surface area contributed by atoms with Crippen LogP contribution >= 0.6 is 11.3 Å². The van der Waals surface area contributed by atoms with Gasteiger partial charge in [0.15, 0.2) is 0 Å². The molecule has 3 heterocycles. The molecule has 2 aliphatic rings. The zero-order valence-electron chi connectivity index (χ0n) is 37.0. The number of aromatic nitrogens is 2. The van der Waals surface area contributed by atoms with Gasteiger partial charge in [0.1, 0.15) is 17.6 Å². The van der Waals surface area contributed by atoms with Crippen LogP contribution in [0, 0.1) is 30.0 Å². The van der Waals surface area contributed by atoms with E-state index in [-0.39, 0.29) is 48.3 Å². The summed E-state index contributed by atoms with van der Waals surface area (Å²) in [7, 11) is 0. The van der Waals surface area contributed by atoms with Crippen molar-refractivity contribution in [1.29, 1.82) is 0 Å². The Labute approximate surface area is 374 Å². The second kappa shape index (κ2) is 20.5. The van der Waals surface area contributed by atoms with E-state index in [1.54, 1.807) is 29.7 Å². The van der Waals surface area contributed by atoms with Gasteiger partial charge in [0, 0.05) is 42.7 Å². The molecule has 4 N–H and O–H groups in total. The number of nitrogens with zero attached hydrogens (tertiary/aromatic N) is 3. The second-order valence-electron chi connectivity index (χ2n) is 18.4. The number of carbonyl (C=O) groups is 3. The van der Waals surface area contributed by atoms with E-state index < -0.39 is 23.6 Å². The quantitative estimate of drug-likeness (QED) is 0.0721. The number of nitrogens with one attached hydrogen (secondary N) is 3. The third-order valence-electron chi connectivity index (χ3n) is 12.8. The lowest BCUT2D eigenvalue weighted by atomic mass is 9.73. The Morgan fingerprint density at radius 2 is 1.71 bits per heavy atom. The fourth-order valence-electron chi connectivity index (χ4n) is 9.09. The maximum absolute atomic E-state index is 14.1. The smallest absolute Gasteiger partial charge is 0.243 e. The standard InChI is InChI=1S/C50H61FN6O5S/c1-31(34-12-14-35(15-13-34)41-22-24-52-43-21-16-37(51)26-42(41)43)47(59)56-38-17-19-40(20-18-38)62-25-7-6-23-53-46(50(3,4)5)49(61)57-29-39(58)27-44(57)48(60)54-28-33-8-10-36(11-9-33)45-32(2)55-30-63-45/h8-11,16-22,24,26,30-31,34-35,39,44,46,53,58H,6-7,12-15,23,25,27-29H2,1-5H3,(H,54,60)(H,56,59)/t31-,34?,35?,39-,44+,46-/m1/s1. The first-order chi connectivity index (χ1) is 30.2. The Hall–Kier alpha value is -5.24. The maximum Gasteiger partial charge on any atom is 0.243 e. The van der Waals surface area contributed by atoms with E-state index in [0.29, 0.717) is 31.4 Å². The van der Waals surface area contributed by atoms with E-state index in [1.807, 2.05) is 94.7 Å². The molecule has 11 nitrogen and oxygen atoms in total. The predicted octanol–water partition coefficient (Wildman–Crippen LogP) is 8.80. The zero-order valence-corrected chi connectivity index (χ0v) is 37.8. The van der Waals surface area contributed by atoms with Crippen molar-refractivity contribution < 1.29 is 28.6 Å². The van der Waals surface area contributed by atoms with Crippen LogP contribution in [0.1, 0.15) is 95.4 Å². The Bertz CT molecular complexity index is 2340. The molecular formula is C50H61FN6O5S. The summed E-state index contributed by atoms with van der Waals surface area (Å²) >= 11 is 1.59. The van der Waals surface area contributed by atoms with Crippen molar-refractivity contribution in [3.05, 3.63) is 107 Å². The molecule has 1 saturated carbocycles. The molecule has 4 atom stereocenters. The first-order valence-corrected chi connectivity index (χ1v) is 23.2. The van der Waals surface area contributed by atoms with Gasteiger partial charge in [-0.25, -0.2) is 9.37 Å². The van der Waals surface area contributed by atoms with Gasteiger partial charge in [-0.2, -0.15) is 0 Å². The molecule has 2 fully saturated rings. The molecule has 3 amide bonds. The van der Waals surface area contributed by atoms with Crippen molar-refractivity contribution in [3.8, 4) is 16.2 Å². The molecule has 0 unspecified atom stereocenters. The van der Waals surface area contributed by atoms with Crippen LogP contribution in [0.4, 0.5) is 10.1 Å². The average molecular weight is 877 g/mol. The van der Waals surface area contributed by atoms with Crippen LogP contribution in [-0.2, 0) is 20.9 Å². The molecule has 0 bridgehead atoms. The Morgan fingerprint density at radius 1 is 0.968 bits per heavy atom. The molecule has 1 aliphatic carbocycles. The number of likely N-dealkylation sites (tertiary alicyclic amines) is 1. The number of unbranched alkanes of at least 4 members (excludes halogenated alkanes) is 1. The number of hydrogen-bond acceptors (Lipinski definition) is 9. The summed E-state index contributed by atoms with van der Waals surface area (Å²) in [6.45, 7) is 11.5. The van der Waals surface area contributed by atoms with E-state index in [9.17, 15) is 23.9 Å². The number of aliphatic hydroxyl groups is 1. The van der Waals surface area contributed by atoms with Crippen LogP contribution in [-0.4, -0.2) is 75.6 Å². The highest BCUT2D eigenvalue weighted by atomic mass is 32.1. The SMILES string of the molecule is Cc1ncsc1-c1ccc(CNC(=O)[C@@H]2C[C@@H](O)CN2C(=O)[C@@H](NCCCCOc2ccc(NC(=O)[C@H](C)C3CCC(c4ccnc5ccc(F)cc45)CC3)cc2)C(C)(C)C)cc1. The van der Waals surface area contributed by atoms with E-state index in [1.165, 1.54) is 11.0 Å². The minimum atomic E-state index is -0.773. The summed E-state index contributed by atoms with van der Waals surface area (Å²) < 4.78 is 20.1. The monoisotopic (exact) mass is 876 g/mol. The van der Waals surface area contributed by atoms with Crippen molar-refractivity contribution in [2.75, 3.05) is 25.0 Å². The summed E-state index contributed by atoms with van der Waals surface area (Å²) in [6.07, 6.45) is 6.51. The summed E-state index contributed by atoms with van der Waals surface area (Å²) in [5, 5.41) is 21.0. The van der Waals surface area contributed by atoms with Crippen LogP contribution in [0.5, 0.6) is 5.75 Å². The molecule has 1 saturated heterocycles. The van der Waals surface area contributed by atoms with Crippen LogP contribution in [0.25, 0.3) is 21.3 Å². The maximum atomic E-state index is 14.1. The molecule has 1 aliphatic heterocycles. The Kier molecular flexibility index (Phi) is 14.9. The highest BCUT2D eigenvalue weighted by molar-refractivity contribution is 7.13. The summed E-state index contributed by atoms with van der Waals surface area (Å²) in [6, 6.07) is 20.9. The van der Waals surface area contributed by atoms with Crippen LogP contribution in [0.3, 0.4) is 0 Å². The normalized spacial score (nSPS) is 20.0. The van der Waals surface area contributed by atoms with Crippen molar-refractivity contribution in [2.45, 2.75) is 110 Å². The number of carbonyl (C=O) groups excluding carboxylic acids is 3. The van der Waals surface area contributed by atoms with Gasteiger partial charge in [-0.15, -0.1) is 11.3 Å². The van der Waals surface area contributed by atoms with Gasteiger partial charge in [-0.1, -0.05) is 52.0 Å². The van der Waals surface area contributed by atoms with Gasteiger partial charge in [0.05, 0.1) is 40.4 Å². The predicted molar refractivity (Wildman–Crippen MR) is 247 cm³/mol. The number of rotatable bonds is 16. The Balaban J connectivity index is 0.818. The van der Waals surface area contributed by atoms with Gasteiger partial charge in [-0.05, 0) is 134 Å². The molecule has 63 heavy (non-hydrogen) atoms. The van der Waals surface area contributed by atoms with E-state index in [2.05, 4.69) is 25.9 Å². The molecule has 2 aromatic heterocycles. The van der Waals surface area contributed by atoms with Crippen molar-refractivity contribution >= 4 is 45.6 Å². The molecule has 3 aromatic carbocycles. The average Bonchev–Trinajstić information content (AvgIpc) is 3.90. The summed E-state index contributed by atoms with van der Waals surface area (Å²) in [5.41, 5.74) is 7.08. The summed E-state index contributed by atoms with van der Waals surface area (Å²) in [4.78, 5) is 52.2. The minimum Gasteiger partial charge on any atom is -0.494 e. The van der Waals surface area contributed by atoms with Crippen molar-refractivity contribution in [3.63, 3.8) is 0 Å². The number of benzene rings is 3. The van der Waals surface area contributed by atoms with Gasteiger partial charge < -0.3 is 30.7 Å². The van der Waals surface area contributed by atoms with Crippen LogP contribution in [0.15, 0.2) is 84.5 Å². The highest BCUT2D eigenvalue weighted by Gasteiger charge is 2.43. The lowest BCUT2D eigenvalue weighted by molar-refractivity contribution is -0.142. The number of β-amino-alcohol motifs (C(OH)–C–C–N with tert-alkyl or cyclic N) is 1. The van der Waals surface area contributed by atoms with Crippen LogP contribution < -0.4 is 20.7 Å². The van der Waals surface area contributed by atoms with E-state index in [4.69, 9.17) is 4.74 Å². The fraction of sp³-hybridized carbons (Fsp3) is 0.460. The number of ether oxygens (including phenoxy) is 1. The first kappa shape index (κ1) is 45.8. The fourth-order valence-corrected chi connectivity index (χ4v) is 9.90. The van der Waals surface area contributed by atoms with Crippen molar-refractivity contribution in [1.82, 2.24) is 25.5 Å². The highest BCUT2D eigenvalue weighted by Crippen LogP contribution is 2.41. The number of thiazole rings is 1. The molecule has 13 heteroatoms. The summed E-state index contributed by atoms with van der Waals surface area (Å²) in [5.74, 6) is 0.445. The first-order valence-electron chi connectivity index (χ1n) is 22.3. The second-order valence-corrected chi connectivity index (χ2v) is 19.2. The molecule has 5 aromatic rings. The lowest BCUT2D eigenvalue weighted by Crippen LogP contribution is -2.56. The molecule has 0 spiro atoms. The number of halogens is 1. The largest absolute Gasteiger partial charge is 0.494 e. The number of aliphatic hydroxyl groups excluding tert-OH is 1. The van der Waals surface area contributed by atoms with E-state index in [0.717, 1.165) is 82.4 Å².